The standard InChI is InChI=1S/C20H36N4OS.HI/c1-5-24(6-2)18(17-8-13-26-15-17)14-22-19(21-3)23-16-20(9-7-10-20)11-12-25-4;/h8,13,15,18H,5-7,9-12,14,16H2,1-4H3,(H2,21,22,23);1H. The van der Waals surface area contributed by atoms with Gasteiger partial charge in [-0.05, 0) is 60.2 Å². The smallest absolute Gasteiger partial charge is 0.191 e. The van der Waals surface area contributed by atoms with Crippen molar-refractivity contribution in [2.45, 2.75) is 45.6 Å². The van der Waals surface area contributed by atoms with Gasteiger partial charge < -0.3 is 15.4 Å². The average Bonchev–Trinajstić information content (AvgIpc) is 3.16. The third-order valence-corrected chi connectivity index (χ3v) is 6.45. The number of aliphatic imine (C=N–C) groups is 1. The van der Waals surface area contributed by atoms with Crippen LogP contribution in [0.1, 0.15) is 51.1 Å². The minimum atomic E-state index is 0. The van der Waals surface area contributed by atoms with Crippen LogP contribution in [0, 0.1) is 5.41 Å². The van der Waals surface area contributed by atoms with Crippen LogP contribution in [0.15, 0.2) is 21.8 Å². The number of hydrogen-bond acceptors (Lipinski definition) is 4. The molecule has 0 amide bonds. The second kappa shape index (κ2) is 13.0. The Morgan fingerprint density at radius 1 is 1.33 bits per heavy atom. The average molecular weight is 509 g/mol. The molecule has 1 heterocycles. The Morgan fingerprint density at radius 2 is 2.07 bits per heavy atom. The van der Waals surface area contributed by atoms with E-state index in [1.807, 2.05) is 7.05 Å². The van der Waals surface area contributed by atoms with Gasteiger partial charge >= 0.3 is 0 Å². The van der Waals surface area contributed by atoms with Crippen LogP contribution in [-0.2, 0) is 4.74 Å². The van der Waals surface area contributed by atoms with Crippen molar-refractivity contribution < 1.29 is 4.74 Å². The van der Waals surface area contributed by atoms with Gasteiger partial charge in [0.25, 0.3) is 0 Å². The minimum absolute atomic E-state index is 0. The molecule has 27 heavy (non-hydrogen) atoms. The first-order chi connectivity index (χ1) is 12.7. The van der Waals surface area contributed by atoms with Gasteiger partial charge in [0.1, 0.15) is 0 Å². The van der Waals surface area contributed by atoms with Crippen LogP contribution in [0.2, 0.25) is 0 Å². The molecule has 1 aliphatic carbocycles. The molecule has 2 N–H and O–H groups in total. The lowest BCUT2D eigenvalue weighted by molar-refractivity contribution is 0.0732. The fourth-order valence-electron chi connectivity index (χ4n) is 3.78. The lowest BCUT2D eigenvalue weighted by atomic mass is 9.67. The number of nitrogens with one attached hydrogen (secondary N) is 2. The second-order valence-corrected chi connectivity index (χ2v) is 7.98. The molecule has 5 nitrogen and oxygen atoms in total. The topological polar surface area (TPSA) is 48.9 Å². The number of rotatable bonds is 11. The molecule has 0 aliphatic heterocycles. The van der Waals surface area contributed by atoms with Gasteiger partial charge in [-0.15, -0.1) is 24.0 Å². The monoisotopic (exact) mass is 508 g/mol. The van der Waals surface area contributed by atoms with Crippen LogP contribution < -0.4 is 10.6 Å². The molecular weight excluding hydrogens is 471 g/mol. The molecule has 156 valence electrons. The molecule has 1 aromatic rings. The van der Waals surface area contributed by atoms with Crippen LogP contribution >= 0.6 is 35.3 Å². The summed E-state index contributed by atoms with van der Waals surface area (Å²) in [7, 11) is 3.65. The number of methoxy groups -OCH3 is 1. The molecule has 0 bridgehead atoms. The Morgan fingerprint density at radius 3 is 2.56 bits per heavy atom. The van der Waals surface area contributed by atoms with Gasteiger partial charge in [0.15, 0.2) is 5.96 Å². The highest BCUT2D eigenvalue weighted by Crippen LogP contribution is 2.43. The Kier molecular flexibility index (Phi) is 11.8. The Bertz CT molecular complexity index is 530. The van der Waals surface area contributed by atoms with Gasteiger partial charge in [0.05, 0.1) is 6.04 Å². The van der Waals surface area contributed by atoms with Gasteiger partial charge in [-0.2, -0.15) is 11.3 Å². The van der Waals surface area contributed by atoms with Crippen molar-refractivity contribution in [2.24, 2.45) is 10.4 Å². The zero-order valence-electron chi connectivity index (χ0n) is 17.3. The normalized spacial score (nSPS) is 17.1. The number of guanidine groups is 1. The summed E-state index contributed by atoms with van der Waals surface area (Å²) in [5.74, 6) is 0.904. The summed E-state index contributed by atoms with van der Waals surface area (Å²) in [4.78, 5) is 6.94. The Balaban J connectivity index is 0.00000364. The molecule has 7 heteroatoms. The molecule has 0 aromatic carbocycles. The number of halogens is 1. The van der Waals surface area contributed by atoms with E-state index in [0.717, 1.165) is 45.2 Å². The maximum absolute atomic E-state index is 5.30. The van der Waals surface area contributed by atoms with Crippen molar-refractivity contribution in [1.29, 1.82) is 0 Å². The lowest BCUT2D eigenvalue weighted by Gasteiger charge is -2.42. The first-order valence-electron chi connectivity index (χ1n) is 9.87. The van der Waals surface area contributed by atoms with Crippen molar-refractivity contribution in [3.8, 4) is 0 Å². The van der Waals surface area contributed by atoms with E-state index >= 15 is 0 Å². The van der Waals surface area contributed by atoms with Gasteiger partial charge in [0.2, 0.25) is 0 Å². The largest absolute Gasteiger partial charge is 0.385 e. The molecule has 1 aromatic heterocycles. The second-order valence-electron chi connectivity index (χ2n) is 7.20. The summed E-state index contributed by atoms with van der Waals surface area (Å²) in [5, 5.41) is 11.5. The molecule has 1 fully saturated rings. The first kappa shape index (κ1) is 24.7. The fraction of sp³-hybridized carbons (Fsp3) is 0.750. The van der Waals surface area contributed by atoms with Crippen LogP contribution in [0.3, 0.4) is 0 Å². The van der Waals surface area contributed by atoms with Crippen LogP contribution in [0.5, 0.6) is 0 Å². The summed E-state index contributed by atoms with van der Waals surface area (Å²) in [6.45, 7) is 9.23. The Hall–Kier alpha value is -0.380. The highest BCUT2D eigenvalue weighted by atomic mass is 127. The van der Waals surface area contributed by atoms with E-state index in [-0.39, 0.29) is 24.0 Å². The molecule has 2 rings (SSSR count). The van der Waals surface area contributed by atoms with Gasteiger partial charge in [-0.1, -0.05) is 20.3 Å². The van der Waals surface area contributed by atoms with E-state index in [1.165, 1.54) is 24.8 Å². The van der Waals surface area contributed by atoms with E-state index in [2.05, 4.69) is 51.2 Å². The summed E-state index contributed by atoms with van der Waals surface area (Å²) in [5.41, 5.74) is 1.77. The highest BCUT2D eigenvalue weighted by Gasteiger charge is 2.36. The first-order valence-corrected chi connectivity index (χ1v) is 10.8. The minimum Gasteiger partial charge on any atom is -0.385 e. The summed E-state index contributed by atoms with van der Waals surface area (Å²) >= 11 is 1.77. The van der Waals surface area contributed by atoms with Crippen molar-refractivity contribution in [3.63, 3.8) is 0 Å². The summed E-state index contributed by atoms with van der Waals surface area (Å²) in [6.07, 6.45) is 5.04. The van der Waals surface area contributed by atoms with Crippen molar-refractivity contribution in [3.05, 3.63) is 22.4 Å². The van der Waals surface area contributed by atoms with Crippen LogP contribution in [-0.4, -0.2) is 57.8 Å². The summed E-state index contributed by atoms with van der Waals surface area (Å²) < 4.78 is 5.30. The third-order valence-electron chi connectivity index (χ3n) is 5.75. The highest BCUT2D eigenvalue weighted by molar-refractivity contribution is 14.0. The molecule has 1 atom stereocenters. The van der Waals surface area contributed by atoms with Crippen molar-refractivity contribution >= 4 is 41.3 Å². The zero-order chi connectivity index (χ0) is 18.8. The molecule has 1 unspecified atom stereocenters. The molecule has 1 saturated carbocycles. The zero-order valence-corrected chi connectivity index (χ0v) is 20.4. The molecule has 1 aliphatic rings. The quantitative estimate of drug-likeness (QED) is 0.268. The molecule has 0 saturated heterocycles. The maximum atomic E-state index is 5.30. The van der Waals surface area contributed by atoms with Gasteiger partial charge in [0, 0.05) is 33.9 Å². The lowest BCUT2D eigenvalue weighted by Crippen LogP contribution is -2.48. The maximum Gasteiger partial charge on any atom is 0.191 e. The Labute approximate surface area is 186 Å². The number of thiophene rings is 1. The molecule has 0 spiro atoms. The van der Waals surface area contributed by atoms with Gasteiger partial charge in [-0.25, -0.2) is 0 Å². The van der Waals surface area contributed by atoms with Crippen LogP contribution in [0.25, 0.3) is 0 Å². The third kappa shape index (κ3) is 7.18. The summed E-state index contributed by atoms with van der Waals surface area (Å²) in [6, 6.07) is 2.61. The molecule has 0 radical (unpaired) electrons. The van der Waals surface area contributed by atoms with E-state index in [4.69, 9.17) is 4.74 Å². The van der Waals surface area contributed by atoms with Crippen molar-refractivity contribution in [1.82, 2.24) is 15.5 Å². The number of hydrogen-bond donors (Lipinski definition) is 2. The molecular formula is C20H37IN4OS. The number of ether oxygens (including phenoxy) is 1. The van der Waals surface area contributed by atoms with Gasteiger partial charge in [-0.3, -0.25) is 9.89 Å². The predicted octanol–water partition coefficient (Wildman–Crippen LogP) is 4.12. The van der Waals surface area contributed by atoms with E-state index in [0.29, 0.717) is 11.5 Å². The van der Waals surface area contributed by atoms with E-state index in [9.17, 15) is 0 Å². The van der Waals surface area contributed by atoms with E-state index < -0.39 is 0 Å². The van der Waals surface area contributed by atoms with Crippen molar-refractivity contribution in [2.75, 3.05) is 46.9 Å². The SMILES string of the molecule is CCN(CC)C(CNC(=NC)NCC1(CCOC)CCC1)c1ccsc1.I. The number of nitrogens with zero attached hydrogens (tertiary/aromatic N) is 2. The van der Waals surface area contributed by atoms with E-state index in [1.54, 1.807) is 18.4 Å². The van der Waals surface area contributed by atoms with Crippen LogP contribution in [0.4, 0.5) is 0 Å². The fourth-order valence-corrected chi connectivity index (χ4v) is 4.49. The number of likely N-dealkylation sites (N-methyl/N-ethyl adjacent to an activating group) is 1. The predicted molar refractivity (Wildman–Crippen MR) is 128 cm³/mol.